The molecule has 0 radical (unpaired) electrons. The van der Waals surface area contributed by atoms with Gasteiger partial charge in [0.15, 0.2) is 0 Å². The lowest BCUT2D eigenvalue weighted by Gasteiger charge is -2.26. The van der Waals surface area contributed by atoms with Gasteiger partial charge in [-0.15, -0.1) is 0 Å². The van der Waals surface area contributed by atoms with E-state index in [2.05, 4.69) is 29.1 Å². The maximum absolute atomic E-state index is 12.1. The Balaban J connectivity index is 1.88. The fourth-order valence-corrected chi connectivity index (χ4v) is 2.65. The molecule has 0 atom stereocenters. The van der Waals surface area contributed by atoms with Crippen LogP contribution in [0, 0.1) is 23.7 Å². The summed E-state index contributed by atoms with van der Waals surface area (Å²) in [7, 11) is 0. The van der Waals surface area contributed by atoms with Gasteiger partial charge in [0.1, 0.15) is 6.61 Å². The number of nitrogens with zero attached hydrogens (tertiary/aromatic N) is 1. The Kier molecular flexibility index (Phi) is 5.77. The average molecular weight is 286 g/mol. The second kappa shape index (κ2) is 7.80. The fraction of sp³-hybridized carbons (Fsp3) is 0.529. The molecule has 1 amide bonds. The van der Waals surface area contributed by atoms with Crippen LogP contribution in [-0.2, 0) is 0 Å². The van der Waals surface area contributed by atoms with Crippen molar-refractivity contribution in [2.75, 3.05) is 13.2 Å². The number of aromatic nitrogens is 1. The Morgan fingerprint density at radius 1 is 1.38 bits per heavy atom. The number of hydrogen-bond donors (Lipinski definition) is 2. The zero-order chi connectivity index (χ0) is 15.1. The molecule has 2 rings (SSSR count). The van der Waals surface area contributed by atoms with Gasteiger partial charge in [0.05, 0.1) is 5.56 Å². The summed E-state index contributed by atoms with van der Waals surface area (Å²) in [4.78, 5) is 16.1. The van der Waals surface area contributed by atoms with Crippen LogP contribution in [0.1, 0.15) is 48.5 Å². The number of pyridine rings is 1. The number of carbonyl (C=O) groups is 1. The molecule has 0 unspecified atom stereocenters. The van der Waals surface area contributed by atoms with Gasteiger partial charge in [-0.2, -0.15) is 0 Å². The quantitative estimate of drug-likeness (QED) is 0.835. The van der Waals surface area contributed by atoms with E-state index in [1.807, 2.05) is 0 Å². The van der Waals surface area contributed by atoms with Crippen molar-refractivity contribution in [3.05, 3.63) is 29.6 Å². The minimum absolute atomic E-state index is 0.103. The summed E-state index contributed by atoms with van der Waals surface area (Å²) in [5.74, 6) is 6.62. The van der Waals surface area contributed by atoms with Gasteiger partial charge in [-0.05, 0) is 30.7 Å². The number of aliphatic hydroxyl groups excluding tert-OH is 1. The van der Waals surface area contributed by atoms with Crippen LogP contribution >= 0.6 is 0 Å². The van der Waals surface area contributed by atoms with Gasteiger partial charge in [0, 0.05) is 24.5 Å². The Hall–Kier alpha value is -1.86. The molecular formula is C17H22N2O2. The van der Waals surface area contributed by atoms with Gasteiger partial charge in [-0.25, -0.2) is 0 Å². The third kappa shape index (κ3) is 4.87. The molecule has 112 valence electrons. The lowest BCUT2D eigenvalue weighted by molar-refractivity contribution is 0.0941. The largest absolute Gasteiger partial charge is 0.384 e. The van der Waals surface area contributed by atoms with E-state index >= 15 is 0 Å². The van der Waals surface area contributed by atoms with E-state index in [1.165, 1.54) is 25.7 Å². The third-order valence-electron chi connectivity index (χ3n) is 4.00. The van der Waals surface area contributed by atoms with Gasteiger partial charge < -0.3 is 10.4 Å². The van der Waals surface area contributed by atoms with Crippen LogP contribution in [0.5, 0.6) is 0 Å². The molecule has 4 heteroatoms. The number of nitrogens with one attached hydrogen (secondary N) is 1. The number of hydrogen-bond acceptors (Lipinski definition) is 3. The number of aliphatic hydroxyl groups is 1. The lowest BCUT2D eigenvalue weighted by atomic mass is 9.83. The molecule has 1 saturated carbocycles. The second-order valence-electron chi connectivity index (χ2n) is 5.76. The smallest absolute Gasteiger partial charge is 0.252 e. The molecule has 1 aliphatic rings. The summed E-state index contributed by atoms with van der Waals surface area (Å²) >= 11 is 0. The topological polar surface area (TPSA) is 62.2 Å². The molecule has 1 aliphatic carbocycles. The first-order chi connectivity index (χ1) is 10.2. The summed E-state index contributed by atoms with van der Waals surface area (Å²) < 4.78 is 0. The number of amides is 1. The van der Waals surface area contributed by atoms with Crippen LogP contribution < -0.4 is 5.32 Å². The molecule has 2 N–H and O–H groups in total. The van der Waals surface area contributed by atoms with Crippen LogP contribution in [0.3, 0.4) is 0 Å². The molecule has 21 heavy (non-hydrogen) atoms. The van der Waals surface area contributed by atoms with Crippen LogP contribution in [0.15, 0.2) is 18.5 Å². The van der Waals surface area contributed by atoms with Crippen LogP contribution in [0.25, 0.3) is 0 Å². The van der Waals surface area contributed by atoms with Crippen molar-refractivity contribution in [1.82, 2.24) is 10.3 Å². The van der Waals surface area contributed by atoms with E-state index in [-0.39, 0.29) is 12.5 Å². The molecule has 4 nitrogen and oxygen atoms in total. The molecule has 1 aromatic rings. The third-order valence-corrected chi connectivity index (χ3v) is 4.00. The molecule has 1 aromatic heterocycles. The predicted molar refractivity (Wildman–Crippen MR) is 81.7 cm³/mol. The van der Waals surface area contributed by atoms with E-state index in [0.717, 1.165) is 12.5 Å². The molecule has 0 spiro atoms. The molecule has 0 aliphatic heterocycles. The first-order valence-corrected chi connectivity index (χ1v) is 7.52. The van der Waals surface area contributed by atoms with Gasteiger partial charge in [-0.3, -0.25) is 9.78 Å². The first kappa shape index (κ1) is 15.5. The van der Waals surface area contributed by atoms with E-state index in [4.69, 9.17) is 5.11 Å². The molecule has 0 aromatic carbocycles. The van der Waals surface area contributed by atoms with Gasteiger partial charge in [0.2, 0.25) is 0 Å². The van der Waals surface area contributed by atoms with Crippen LogP contribution in [-0.4, -0.2) is 29.1 Å². The monoisotopic (exact) mass is 286 g/mol. The highest BCUT2D eigenvalue weighted by Crippen LogP contribution is 2.27. The van der Waals surface area contributed by atoms with E-state index in [0.29, 0.717) is 17.0 Å². The Labute approximate surface area is 126 Å². The normalized spacial score (nSPS) is 21.2. The van der Waals surface area contributed by atoms with Crippen molar-refractivity contribution in [2.45, 2.75) is 32.6 Å². The molecular weight excluding hydrogens is 264 g/mol. The van der Waals surface area contributed by atoms with E-state index < -0.39 is 0 Å². The van der Waals surface area contributed by atoms with Crippen molar-refractivity contribution in [1.29, 1.82) is 0 Å². The van der Waals surface area contributed by atoms with E-state index in [9.17, 15) is 4.79 Å². The number of carbonyl (C=O) groups excluding carboxylic acids is 1. The zero-order valence-corrected chi connectivity index (χ0v) is 12.4. The van der Waals surface area contributed by atoms with Gasteiger partial charge >= 0.3 is 0 Å². The Morgan fingerprint density at radius 2 is 2.14 bits per heavy atom. The summed E-state index contributed by atoms with van der Waals surface area (Å²) in [5, 5.41) is 11.7. The highest BCUT2D eigenvalue weighted by Gasteiger charge is 2.18. The maximum atomic E-state index is 12.1. The van der Waals surface area contributed by atoms with Gasteiger partial charge in [-0.1, -0.05) is 31.6 Å². The maximum Gasteiger partial charge on any atom is 0.252 e. The first-order valence-electron chi connectivity index (χ1n) is 7.52. The van der Waals surface area contributed by atoms with Crippen molar-refractivity contribution < 1.29 is 9.90 Å². The average Bonchev–Trinajstić information content (AvgIpc) is 2.52. The predicted octanol–water partition coefficient (Wildman–Crippen LogP) is 1.98. The van der Waals surface area contributed by atoms with Crippen molar-refractivity contribution in [3.63, 3.8) is 0 Å². The highest BCUT2D eigenvalue weighted by molar-refractivity contribution is 5.94. The van der Waals surface area contributed by atoms with Crippen LogP contribution in [0.2, 0.25) is 0 Å². The highest BCUT2D eigenvalue weighted by atomic mass is 16.2. The van der Waals surface area contributed by atoms with E-state index in [1.54, 1.807) is 18.5 Å². The van der Waals surface area contributed by atoms with Gasteiger partial charge in [0.25, 0.3) is 5.91 Å². The molecule has 1 fully saturated rings. The Bertz CT molecular complexity index is 537. The minimum atomic E-state index is -0.198. The fourth-order valence-electron chi connectivity index (χ4n) is 2.65. The summed E-state index contributed by atoms with van der Waals surface area (Å²) in [6.07, 6.45) is 8.04. The summed E-state index contributed by atoms with van der Waals surface area (Å²) in [5.41, 5.74) is 1.16. The zero-order valence-electron chi connectivity index (χ0n) is 12.4. The van der Waals surface area contributed by atoms with Crippen molar-refractivity contribution in [2.24, 2.45) is 11.8 Å². The standard InChI is InChI=1S/C17H22N2O2/c1-13-4-6-14(7-5-13)11-19-17(21)16-9-15(3-2-8-20)10-18-12-16/h9-10,12-14,20H,4-8,11H2,1H3,(H,19,21). The number of rotatable bonds is 3. The van der Waals surface area contributed by atoms with Crippen molar-refractivity contribution in [3.8, 4) is 11.8 Å². The van der Waals surface area contributed by atoms with Crippen LogP contribution in [0.4, 0.5) is 0 Å². The molecule has 0 saturated heterocycles. The molecule has 1 heterocycles. The summed E-state index contributed by atoms with van der Waals surface area (Å²) in [6, 6.07) is 1.70. The van der Waals surface area contributed by atoms with Crippen molar-refractivity contribution >= 4 is 5.91 Å². The lowest BCUT2D eigenvalue weighted by Crippen LogP contribution is -2.31. The summed E-state index contributed by atoms with van der Waals surface area (Å²) in [6.45, 7) is 2.83. The molecule has 0 bridgehead atoms. The minimum Gasteiger partial charge on any atom is -0.384 e. The second-order valence-corrected chi connectivity index (χ2v) is 5.76. The SMILES string of the molecule is CC1CCC(CNC(=O)c2cncc(C#CCO)c2)CC1. The Morgan fingerprint density at radius 3 is 2.86 bits per heavy atom.